The molecule has 0 aliphatic rings. The molecule has 0 bridgehead atoms. The van der Waals surface area contributed by atoms with Crippen molar-refractivity contribution in [3.05, 3.63) is 65.0 Å². The van der Waals surface area contributed by atoms with Gasteiger partial charge in [-0.1, -0.05) is 12.1 Å². The number of hydrogen-bond donors (Lipinski definition) is 0. The molecule has 3 rings (SSSR count). The summed E-state index contributed by atoms with van der Waals surface area (Å²) in [6.07, 6.45) is 5.34. The van der Waals surface area contributed by atoms with E-state index >= 15 is 0 Å². The summed E-state index contributed by atoms with van der Waals surface area (Å²) in [5, 5.41) is 1.00. The van der Waals surface area contributed by atoms with Crippen molar-refractivity contribution in [2.75, 3.05) is 0 Å². The first-order valence-electron chi connectivity index (χ1n) is 5.89. The van der Waals surface area contributed by atoms with Gasteiger partial charge in [-0.25, -0.2) is 0 Å². The standard InChI is InChI=1S/C15H11BrN2O/c16-12-7-13-14(18-9-12)4-1-5-15(13)19-10-11-3-2-6-17-8-11/h1-9H,10H2. The van der Waals surface area contributed by atoms with Crippen LogP contribution in [-0.2, 0) is 6.61 Å². The Hall–Kier alpha value is -1.94. The molecule has 4 heteroatoms. The zero-order chi connectivity index (χ0) is 13.1. The van der Waals surface area contributed by atoms with Crippen molar-refractivity contribution in [2.24, 2.45) is 0 Å². The number of pyridine rings is 2. The third-order valence-corrected chi connectivity index (χ3v) is 3.20. The van der Waals surface area contributed by atoms with Crippen LogP contribution in [0.1, 0.15) is 5.56 Å². The van der Waals surface area contributed by atoms with Crippen LogP contribution in [-0.4, -0.2) is 9.97 Å². The molecule has 3 nitrogen and oxygen atoms in total. The van der Waals surface area contributed by atoms with Gasteiger partial charge in [0.15, 0.2) is 0 Å². The van der Waals surface area contributed by atoms with Gasteiger partial charge in [0.1, 0.15) is 12.4 Å². The van der Waals surface area contributed by atoms with Crippen LogP contribution in [0.2, 0.25) is 0 Å². The highest BCUT2D eigenvalue weighted by molar-refractivity contribution is 9.10. The quantitative estimate of drug-likeness (QED) is 0.733. The van der Waals surface area contributed by atoms with E-state index in [1.54, 1.807) is 18.6 Å². The Morgan fingerprint density at radius 3 is 2.89 bits per heavy atom. The molecule has 94 valence electrons. The minimum absolute atomic E-state index is 0.499. The number of halogens is 1. The van der Waals surface area contributed by atoms with Crippen LogP contribution in [0.3, 0.4) is 0 Å². The predicted octanol–water partition coefficient (Wildman–Crippen LogP) is 3.97. The monoisotopic (exact) mass is 314 g/mol. The fourth-order valence-corrected chi connectivity index (χ4v) is 2.20. The molecular weight excluding hydrogens is 304 g/mol. The largest absolute Gasteiger partial charge is 0.488 e. The van der Waals surface area contributed by atoms with E-state index in [2.05, 4.69) is 25.9 Å². The molecule has 2 heterocycles. The van der Waals surface area contributed by atoms with Gasteiger partial charge in [0.05, 0.1) is 5.52 Å². The average molecular weight is 315 g/mol. The lowest BCUT2D eigenvalue weighted by molar-refractivity contribution is 0.309. The maximum atomic E-state index is 5.86. The molecule has 19 heavy (non-hydrogen) atoms. The maximum absolute atomic E-state index is 5.86. The summed E-state index contributed by atoms with van der Waals surface area (Å²) >= 11 is 3.43. The van der Waals surface area contributed by atoms with Crippen molar-refractivity contribution >= 4 is 26.8 Å². The Kier molecular flexibility index (Phi) is 3.42. The molecule has 0 atom stereocenters. The summed E-state index contributed by atoms with van der Waals surface area (Å²) in [7, 11) is 0. The third kappa shape index (κ3) is 2.74. The first kappa shape index (κ1) is 12.1. The zero-order valence-corrected chi connectivity index (χ0v) is 11.7. The Balaban J connectivity index is 1.90. The van der Waals surface area contributed by atoms with E-state index in [9.17, 15) is 0 Å². The first-order chi connectivity index (χ1) is 9.33. The zero-order valence-electron chi connectivity index (χ0n) is 10.1. The van der Waals surface area contributed by atoms with Crippen LogP contribution < -0.4 is 4.74 Å². The summed E-state index contributed by atoms with van der Waals surface area (Å²) in [5.41, 5.74) is 1.97. The van der Waals surface area contributed by atoms with Crippen molar-refractivity contribution in [3.63, 3.8) is 0 Å². The summed E-state index contributed by atoms with van der Waals surface area (Å²) in [6.45, 7) is 0.499. The smallest absolute Gasteiger partial charge is 0.129 e. The maximum Gasteiger partial charge on any atom is 0.129 e. The van der Waals surface area contributed by atoms with Crippen LogP contribution in [0.15, 0.2) is 59.5 Å². The Morgan fingerprint density at radius 2 is 2.05 bits per heavy atom. The summed E-state index contributed by atoms with van der Waals surface area (Å²) < 4.78 is 6.80. The van der Waals surface area contributed by atoms with E-state index in [-0.39, 0.29) is 0 Å². The van der Waals surface area contributed by atoms with Gasteiger partial charge in [-0.05, 0) is 40.2 Å². The van der Waals surface area contributed by atoms with Gasteiger partial charge < -0.3 is 4.74 Å². The molecule has 3 aromatic rings. The highest BCUT2D eigenvalue weighted by Crippen LogP contribution is 2.27. The second-order valence-corrected chi connectivity index (χ2v) is 5.04. The van der Waals surface area contributed by atoms with Crippen molar-refractivity contribution < 1.29 is 4.74 Å². The van der Waals surface area contributed by atoms with E-state index < -0.39 is 0 Å². The summed E-state index contributed by atoms with van der Waals surface area (Å²) in [6, 6.07) is 11.8. The Morgan fingerprint density at radius 1 is 1.11 bits per heavy atom. The van der Waals surface area contributed by atoms with Gasteiger partial charge in [0.25, 0.3) is 0 Å². The molecule has 0 spiro atoms. The van der Waals surface area contributed by atoms with Crippen LogP contribution in [0.4, 0.5) is 0 Å². The topological polar surface area (TPSA) is 35.0 Å². The van der Waals surface area contributed by atoms with E-state index in [0.29, 0.717) is 6.61 Å². The van der Waals surface area contributed by atoms with Crippen molar-refractivity contribution in [3.8, 4) is 5.75 Å². The second-order valence-electron chi connectivity index (χ2n) is 4.13. The van der Waals surface area contributed by atoms with Crippen molar-refractivity contribution in [1.29, 1.82) is 0 Å². The predicted molar refractivity (Wildman–Crippen MR) is 78.0 cm³/mol. The number of rotatable bonds is 3. The van der Waals surface area contributed by atoms with Crippen LogP contribution in [0.5, 0.6) is 5.75 Å². The number of nitrogens with zero attached hydrogens (tertiary/aromatic N) is 2. The Bertz CT molecular complexity index is 701. The molecule has 0 unspecified atom stereocenters. The number of ether oxygens (including phenoxy) is 1. The van der Waals surface area contributed by atoms with Crippen molar-refractivity contribution in [2.45, 2.75) is 6.61 Å². The average Bonchev–Trinajstić information content (AvgIpc) is 2.46. The number of hydrogen-bond acceptors (Lipinski definition) is 3. The fraction of sp³-hybridized carbons (Fsp3) is 0.0667. The lowest BCUT2D eigenvalue weighted by Crippen LogP contribution is -1.96. The molecule has 0 radical (unpaired) electrons. The molecule has 1 aromatic carbocycles. The lowest BCUT2D eigenvalue weighted by Gasteiger charge is -2.09. The lowest BCUT2D eigenvalue weighted by atomic mass is 10.2. The third-order valence-electron chi connectivity index (χ3n) is 2.77. The normalized spacial score (nSPS) is 10.6. The minimum Gasteiger partial charge on any atom is -0.488 e. The first-order valence-corrected chi connectivity index (χ1v) is 6.68. The molecule has 0 N–H and O–H groups in total. The van der Waals surface area contributed by atoms with Gasteiger partial charge in [0, 0.05) is 34.0 Å². The SMILES string of the molecule is Brc1cnc2cccc(OCc3cccnc3)c2c1. The number of benzene rings is 1. The van der Waals surface area contributed by atoms with E-state index in [1.165, 1.54) is 0 Å². The number of fused-ring (bicyclic) bond motifs is 1. The molecule has 0 fully saturated rings. The van der Waals surface area contributed by atoms with E-state index in [0.717, 1.165) is 26.7 Å². The van der Waals surface area contributed by atoms with Crippen LogP contribution in [0.25, 0.3) is 10.9 Å². The summed E-state index contributed by atoms with van der Waals surface area (Å²) in [4.78, 5) is 8.43. The van der Waals surface area contributed by atoms with Gasteiger partial charge in [-0.2, -0.15) is 0 Å². The molecule has 0 aliphatic carbocycles. The van der Waals surface area contributed by atoms with Gasteiger partial charge in [-0.15, -0.1) is 0 Å². The summed E-state index contributed by atoms with van der Waals surface area (Å²) in [5.74, 6) is 0.829. The van der Waals surface area contributed by atoms with Crippen LogP contribution >= 0.6 is 15.9 Å². The van der Waals surface area contributed by atoms with Gasteiger partial charge in [0.2, 0.25) is 0 Å². The molecular formula is C15H11BrN2O. The fourth-order valence-electron chi connectivity index (χ4n) is 1.87. The Labute approximate surface area is 119 Å². The molecule has 0 saturated heterocycles. The van der Waals surface area contributed by atoms with Gasteiger partial charge >= 0.3 is 0 Å². The van der Waals surface area contributed by atoms with Crippen LogP contribution in [0, 0.1) is 0 Å². The molecule has 0 amide bonds. The second kappa shape index (κ2) is 5.36. The highest BCUT2D eigenvalue weighted by Gasteiger charge is 2.04. The molecule has 2 aromatic heterocycles. The minimum atomic E-state index is 0.499. The van der Waals surface area contributed by atoms with Gasteiger partial charge in [-0.3, -0.25) is 9.97 Å². The molecule has 0 saturated carbocycles. The highest BCUT2D eigenvalue weighted by atomic mass is 79.9. The molecule has 0 aliphatic heterocycles. The van der Waals surface area contributed by atoms with E-state index in [4.69, 9.17) is 4.74 Å². The van der Waals surface area contributed by atoms with Crippen molar-refractivity contribution in [1.82, 2.24) is 9.97 Å². The number of aromatic nitrogens is 2. The van der Waals surface area contributed by atoms with E-state index in [1.807, 2.05) is 36.4 Å².